The van der Waals surface area contributed by atoms with Gasteiger partial charge in [-0.15, -0.1) is 35.7 Å². The maximum absolute atomic E-state index is 4.95. The third-order valence-corrected chi connectivity index (χ3v) is 6.31. The van der Waals surface area contributed by atoms with Crippen LogP contribution in [0.15, 0.2) is 40.2 Å². The Morgan fingerprint density at radius 1 is 1.22 bits per heavy atom. The number of likely N-dealkylation sites (tertiary alicyclic amines) is 2. The second-order valence-corrected chi connectivity index (χ2v) is 9.06. The molecule has 2 unspecified atom stereocenters. The van der Waals surface area contributed by atoms with E-state index in [1.54, 1.807) is 0 Å². The minimum atomic E-state index is 0. The van der Waals surface area contributed by atoms with Crippen LogP contribution in [-0.2, 0) is 0 Å². The molecular formula is C21H35IN4S. The number of hydrogen-bond acceptors (Lipinski definition) is 3. The van der Waals surface area contributed by atoms with E-state index in [1.807, 2.05) is 11.8 Å². The number of halogens is 1. The lowest BCUT2D eigenvalue weighted by Gasteiger charge is -2.23. The molecule has 2 atom stereocenters. The van der Waals surface area contributed by atoms with E-state index in [0.717, 1.165) is 38.1 Å². The van der Waals surface area contributed by atoms with E-state index in [-0.39, 0.29) is 24.0 Å². The molecule has 1 aromatic rings. The lowest BCUT2D eigenvalue weighted by molar-refractivity contribution is 0.281. The molecule has 27 heavy (non-hydrogen) atoms. The first-order valence-corrected chi connectivity index (χ1v) is 11.1. The normalized spacial score (nSPS) is 21.9. The first kappa shape index (κ1) is 22.8. The van der Waals surface area contributed by atoms with Gasteiger partial charge in [0, 0.05) is 36.3 Å². The van der Waals surface area contributed by atoms with E-state index >= 15 is 0 Å². The van der Waals surface area contributed by atoms with Crippen LogP contribution in [0.1, 0.15) is 33.1 Å². The van der Waals surface area contributed by atoms with Crippen molar-refractivity contribution in [1.29, 1.82) is 0 Å². The molecule has 6 heteroatoms. The summed E-state index contributed by atoms with van der Waals surface area (Å²) in [5, 5.41) is 3.99. The highest BCUT2D eigenvalue weighted by molar-refractivity contribution is 14.0. The van der Waals surface area contributed by atoms with E-state index in [0.29, 0.717) is 5.25 Å². The molecule has 2 saturated heterocycles. The van der Waals surface area contributed by atoms with Gasteiger partial charge in [0.1, 0.15) is 0 Å². The number of rotatable bonds is 7. The highest BCUT2D eigenvalue weighted by Gasteiger charge is 2.27. The third kappa shape index (κ3) is 7.46. The van der Waals surface area contributed by atoms with Crippen molar-refractivity contribution in [3.8, 4) is 0 Å². The third-order valence-electron chi connectivity index (χ3n) is 5.21. The molecule has 0 amide bonds. The monoisotopic (exact) mass is 502 g/mol. The van der Waals surface area contributed by atoms with Gasteiger partial charge in [0.2, 0.25) is 0 Å². The Morgan fingerprint density at radius 2 is 1.96 bits per heavy atom. The second-order valence-electron chi connectivity index (χ2n) is 7.54. The van der Waals surface area contributed by atoms with E-state index in [4.69, 9.17) is 4.99 Å². The van der Waals surface area contributed by atoms with Crippen LogP contribution in [0.25, 0.3) is 0 Å². The molecule has 2 fully saturated rings. The highest BCUT2D eigenvalue weighted by Crippen LogP contribution is 2.23. The number of benzene rings is 1. The number of aliphatic imine (C=N–C) groups is 1. The van der Waals surface area contributed by atoms with E-state index in [1.165, 1.54) is 43.8 Å². The van der Waals surface area contributed by atoms with Crippen LogP contribution in [-0.4, -0.2) is 66.8 Å². The van der Waals surface area contributed by atoms with Crippen molar-refractivity contribution >= 4 is 41.7 Å². The molecule has 0 saturated carbocycles. The minimum Gasteiger partial charge on any atom is -0.357 e. The van der Waals surface area contributed by atoms with Crippen LogP contribution in [0.2, 0.25) is 0 Å². The van der Waals surface area contributed by atoms with Gasteiger partial charge < -0.3 is 15.1 Å². The summed E-state index contributed by atoms with van der Waals surface area (Å²) in [6.45, 7) is 12.4. The van der Waals surface area contributed by atoms with Crippen molar-refractivity contribution in [2.75, 3.05) is 45.8 Å². The average molecular weight is 503 g/mol. The van der Waals surface area contributed by atoms with Gasteiger partial charge in [-0.05, 0) is 57.3 Å². The van der Waals surface area contributed by atoms with Crippen LogP contribution in [0, 0.1) is 5.92 Å². The van der Waals surface area contributed by atoms with Crippen LogP contribution in [0.4, 0.5) is 0 Å². The van der Waals surface area contributed by atoms with E-state index in [9.17, 15) is 0 Å². The van der Waals surface area contributed by atoms with Gasteiger partial charge in [-0.1, -0.05) is 25.1 Å². The predicted molar refractivity (Wildman–Crippen MR) is 129 cm³/mol. The quantitative estimate of drug-likeness (QED) is 0.263. The predicted octanol–water partition coefficient (Wildman–Crippen LogP) is 4.17. The molecular weight excluding hydrogens is 467 g/mol. The number of nitrogens with zero attached hydrogens (tertiary/aromatic N) is 3. The summed E-state index contributed by atoms with van der Waals surface area (Å²) in [6.07, 6.45) is 4.07. The van der Waals surface area contributed by atoms with Crippen molar-refractivity contribution in [2.24, 2.45) is 10.9 Å². The maximum Gasteiger partial charge on any atom is 0.193 e. The lowest BCUT2D eigenvalue weighted by Crippen LogP contribution is -2.41. The minimum absolute atomic E-state index is 0. The highest BCUT2D eigenvalue weighted by atomic mass is 127. The van der Waals surface area contributed by atoms with Crippen molar-refractivity contribution in [2.45, 2.75) is 43.3 Å². The molecule has 0 spiro atoms. The van der Waals surface area contributed by atoms with Crippen LogP contribution < -0.4 is 5.32 Å². The fourth-order valence-corrected chi connectivity index (χ4v) is 4.84. The summed E-state index contributed by atoms with van der Waals surface area (Å²) in [5.74, 6) is 1.91. The Kier molecular flexibility index (Phi) is 10.3. The zero-order valence-corrected chi connectivity index (χ0v) is 19.9. The fraction of sp³-hybridized carbons (Fsp3) is 0.667. The van der Waals surface area contributed by atoms with Crippen molar-refractivity contribution in [3.05, 3.63) is 30.3 Å². The molecule has 0 aromatic heterocycles. The summed E-state index contributed by atoms with van der Waals surface area (Å²) >= 11 is 1.91. The summed E-state index contributed by atoms with van der Waals surface area (Å²) in [7, 11) is 0. The molecule has 1 N–H and O–H groups in total. The molecule has 0 bridgehead atoms. The Labute approximate surface area is 186 Å². The second kappa shape index (κ2) is 12.2. The number of guanidine groups is 1. The SMILES string of the molecule is CCNC(=NCC(C)Sc1ccccc1)N1CCC(CN2CCCC2)C1.I. The van der Waals surface area contributed by atoms with Crippen molar-refractivity contribution < 1.29 is 0 Å². The summed E-state index contributed by atoms with van der Waals surface area (Å²) in [4.78, 5) is 11.4. The van der Waals surface area contributed by atoms with Crippen molar-refractivity contribution in [3.63, 3.8) is 0 Å². The Bertz CT molecular complexity index is 563. The summed E-state index contributed by atoms with van der Waals surface area (Å²) < 4.78 is 0. The standard InChI is InChI=1S/C21H34N4S.HI/c1-3-22-21(23-15-18(2)26-20-9-5-4-6-10-20)25-14-11-19(17-25)16-24-12-7-8-13-24;/h4-6,9-10,18-19H,3,7-8,11-17H2,1-2H3,(H,22,23);1H. The van der Waals surface area contributed by atoms with Gasteiger partial charge in [0.05, 0.1) is 6.54 Å². The van der Waals surface area contributed by atoms with Gasteiger partial charge in [0.25, 0.3) is 0 Å². The zero-order chi connectivity index (χ0) is 18.2. The Balaban J connectivity index is 0.00000261. The summed E-state index contributed by atoms with van der Waals surface area (Å²) in [5.41, 5.74) is 0. The molecule has 152 valence electrons. The number of thioether (sulfide) groups is 1. The van der Waals surface area contributed by atoms with Gasteiger partial charge in [0.15, 0.2) is 5.96 Å². The van der Waals surface area contributed by atoms with Crippen LogP contribution in [0.5, 0.6) is 0 Å². The first-order valence-electron chi connectivity index (χ1n) is 10.2. The molecule has 2 heterocycles. The molecule has 0 radical (unpaired) electrons. The van der Waals surface area contributed by atoms with Gasteiger partial charge in [-0.25, -0.2) is 0 Å². The van der Waals surface area contributed by atoms with Crippen LogP contribution in [0.3, 0.4) is 0 Å². The topological polar surface area (TPSA) is 30.9 Å². The zero-order valence-electron chi connectivity index (χ0n) is 16.8. The number of hydrogen-bond donors (Lipinski definition) is 1. The Hall–Kier alpha value is -0.470. The van der Waals surface area contributed by atoms with Gasteiger partial charge in [-0.3, -0.25) is 4.99 Å². The van der Waals surface area contributed by atoms with E-state index < -0.39 is 0 Å². The van der Waals surface area contributed by atoms with E-state index in [2.05, 4.69) is 59.3 Å². The van der Waals surface area contributed by atoms with Gasteiger partial charge >= 0.3 is 0 Å². The molecule has 2 aliphatic heterocycles. The van der Waals surface area contributed by atoms with Crippen molar-refractivity contribution in [1.82, 2.24) is 15.1 Å². The molecule has 2 aliphatic rings. The number of nitrogens with one attached hydrogen (secondary N) is 1. The molecule has 0 aliphatic carbocycles. The summed E-state index contributed by atoms with van der Waals surface area (Å²) in [6, 6.07) is 10.6. The molecule has 4 nitrogen and oxygen atoms in total. The average Bonchev–Trinajstić information content (AvgIpc) is 3.32. The Morgan fingerprint density at radius 3 is 2.67 bits per heavy atom. The van der Waals surface area contributed by atoms with Gasteiger partial charge in [-0.2, -0.15) is 0 Å². The largest absolute Gasteiger partial charge is 0.357 e. The molecule has 3 rings (SSSR count). The molecule has 1 aromatic carbocycles. The van der Waals surface area contributed by atoms with Crippen LogP contribution >= 0.6 is 35.7 Å². The maximum atomic E-state index is 4.95. The first-order chi connectivity index (χ1) is 12.7. The smallest absolute Gasteiger partial charge is 0.193 e. The fourth-order valence-electron chi connectivity index (χ4n) is 3.91. The lowest BCUT2D eigenvalue weighted by atomic mass is 10.1.